The highest BCUT2D eigenvalue weighted by Gasteiger charge is 2.08. The highest BCUT2D eigenvalue weighted by molar-refractivity contribution is 5.60. The zero-order valence-electron chi connectivity index (χ0n) is 11.6. The Labute approximate surface area is 117 Å². The lowest BCUT2D eigenvalue weighted by molar-refractivity contribution is 0.768. The smallest absolute Gasteiger partial charge is 0.0997 e. The number of hydrogen-bond acceptors (Lipinski definition) is 3. The van der Waals surface area contributed by atoms with Crippen LogP contribution < -0.4 is 5.32 Å². The van der Waals surface area contributed by atoms with Gasteiger partial charge in [0.1, 0.15) is 0 Å². The van der Waals surface area contributed by atoms with E-state index >= 15 is 0 Å². The molecule has 0 saturated heterocycles. The molecule has 2 heterocycles. The lowest BCUT2D eigenvalue weighted by Crippen LogP contribution is -2.05. The summed E-state index contributed by atoms with van der Waals surface area (Å²) in [6.45, 7) is 0.852. The molecular formula is C15H17N5. The molecule has 0 aliphatic heterocycles. The van der Waals surface area contributed by atoms with Crippen LogP contribution in [0.3, 0.4) is 0 Å². The first-order valence-corrected chi connectivity index (χ1v) is 6.53. The van der Waals surface area contributed by atoms with Gasteiger partial charge in [-0.15, -0.1) is 0 Å². The maximum absolute atomic E-state index is 4.27. The molecule has 2 aromatic heterocycles. The van der Waals surface area contributed by atoms with E-state index in [1.54, 1.807) is 4.68 Å². The van der Waals surface area contributed by atoms with Crippen molar-refractivity contribution in [3.05, 3.63) is 54.7 Å². The molecule has 0 amide bonds. The molecule has 0 aliphatic rings. The Morgan fingerprint density at radius 3 is 2.90 bits per heavy atom. The zero-order valence-corrected chi connectivity index (χ0v) is 11.6. The number of nitrogens with zero attached hydrogens (tertiary/aromatic N) is 4. The van der Waals surface area contributed by atoms with Crippen molar-refractivity contribution in [2.75, 3.05) is 7.05 Å². The maximum Gasteiger partial charge on any atom is 0.0997 e. The molecule has 1 N–H and O–H groups in total. The number of aryl methyl sites for hydroxylation is 1. The molecular weight excluding hydrogens is 250 g/mol. The topological polar surface area (TPSA) is 47.7 Å². The average molecular weight is 267 g/mol. The summed E-state index contributed by atoms with van der Waals surface area (Å²) >= 11 is 0. The van der Waals surface area contributed by atoms with Crippen LogP contribution in [0.4, 0.5) is 0 Å². The van der Waals surface area contributed by atoms with Crippen molar-refractivity contribution < 1.29 is 0 Å². The minimum atomic E-state index is 0.852. The largest absolute Gasteiger partial charge is 0.316 e. The first-order chi connectivity index (χ1) is 9.78. The second-order valence-electron chi connectivity index (χ2n) is 4.75. The molecule has 0 atom stereocenters. The third kappa shape index (κ3) is 2.35. The molecule has 5 nitrogen and oxygen atoms in total. The van der Waals surface area contributed by atoms with Crippen LogP contribution in [0.25, 0.3) is 16.9 Å². The van der Waals surface area contributed by atoms with E-state index in [4.69, 9.17) is 0 Å². The molecule has 5 heteroatoms. The van der Waals surface area contributed by atoms with E-state index in [0.29, 0.717) is 0 Å². The summed E-state index contributed by atoms with van der Waals surface area (Å²) in [5.74, 6) is 0. The van der Waals surface area contributed by atoms with Crippen molar-refractivity contribution in [3.63, 3.8) is 0 Å². The van der Waals surface area contributed by atoms with Gasteiger partial charge in [0.25, 0.3) is 0 Å². The van der Waals surface area contributed by atoms with E-state index in [1.165, 1.54) is 5.56 Å². The summed E-state index contributed by atoms with van der Waals surface area (Å²) in [6, 6.07) is 8.43. The van der Waals surface area contributed by atoms with E-state index in [-0.39, 0.29) is 0 Å². The predicted octanol–water partition coefficient (Wildman–Crippen LogP) is 1.99. The molecule has 20 heavy (non-hydrogen) atoms. The first-order valence-electron chi connectivity index (χ1n) is 6.53. The van der Waals surface area contributed by atoms with Crippen molar-refractivity contribution in [3.8, 4) is 16.9 Å². The van der Waals surface area contributed by atoms with Crippen molar-refractivity contribution in [1.82, 2.24) is 24.6 Å². The first kappa shape index (κ1) is 12.6. The fourth-order valence-electron chi connectivity index (χ4n) is 2.29. The maximum atomic E-state index is 4.27. The molecule has 0 spiro atoms. The van der Waals surface area contributed by atoms with Crippen molar-refractivity contribution in [2.45, 2.75) is 6.54 Å². The van der Waals surface area contributed by atoms with Gasteiger partial charge in [0, 0.05) is 31.0 Å². The van der Waals surface area contributed by atoms with Crippen LogP contribution in [0.15, 0.2) is 49.2 Å². The molecule has 0 bridgehead atoms. The quantitative estimate of drug-likeness (QED) is 0.786. The third-order valence-corrected chi connectivity index (χ3v) is 3.21. The van der Waals surface area contributed by atoms with Crippen LogP contribution in [-0.4, -0.2) is 26.4 Å². The Hall–Kier alpha value is -2.40. The molecule has 102 valence electrons. The Balaban J connectivity index is 2.03. The normalized spacial score (nSPS) is 10.9. The van der Waals surface area contributed by atoms with Gasteiger partial charge in [0.05, 0.1) is 24.4 Å². The minimum absolute atomic E-state index is 0.852. The highest BCUT2D eigenvalue weighted by Crippen LogP contribution is 2.22. The molecule has 0 radical (unpaired) electrons. The van der Waals surface area contributed by atoms with Crippen molar-refractivity contribution >= 4 is 0 Å². The molecule has 0 aliphatic carbocycles. The Morgan fingerprint density at radius 2 is 2.15 bits per heavy atom. The van der Waals surface area contributed by atoms with Crippen LogP contribution in [0.2, 0.25) is 0 Å². The minimum Gasteiger partial charge on any atom is -0.316 e. The Kier molecular flexibility index (Phi) is 3.35. The van der Waals surface area contributed by atoms with Gasteiger partial charge in [-0.3, -0.25) is 9.25 Å². The van der Waals surface area contributed by atoms with E-state index in [1.807, 2.05) is 39.0 Å². The molecule has 3 aromatic rings. The van der Waals surface area contributed by atoms with E-state index in [0.717, 1.165) is 23.5 Å². The fourth-order valence-corrected chi connectivity index (χ4v) is 2.29. The Bertz CT molecular complexity index is 710. The Morgan fingerprint density at radius 1 is 1.25 bits per heavy atom. The van der Waals surface area contributed by atoms with Crippen LogP contribution in [0, 0.1) is 0 Å². The fraction of sp³-hybridized carbons (Fsp3) is 0.200. The predicted molar refractivity (Wildman–Crippen MR) is 78.5 cm³/mol. The van der Waals surface area contributed by atoms with Gasteiger partial charge >= 0.3 is 0 Å². The van der Waals surface area contributed by atoms with Crippen molar-refractivity contribution in [1.29, 1.82) is 0 Å². The van der Waals surface area contributed by atoms with Crippen LogP contribution in [-0.2, 0) is 13.6 Å². The molecule has 1 aromatic carbocycles. The van der Waals surface area contributed by atoms with E-state index in [2.05, 4.69) is 44.2 Å². The number of benzene rings is 1. The summed E-state index contributed by atoms with van der Waals surface area (Å²) in [4.78, 5) is 4.27. The van der Waals surface area contributed by atoms with Gasteiger partial charge < -0.3 is 5.32 Å². The molecule has 0 unspecified atom stereocenters. The second kappa shape index (κ2) is 5.30. The molecule has 0 saturated carbocycles. The number of aromatic nitrogens is 4. The van der Waals surface area contributed by atoms with Crippen LogP contribution in [0.1, 0.15) is 5.56 Å². The van der Waals surface area contributed by atoms with Crippen LogP contribution >= 0.6 is 0 Å². The number of hydrogen-bond donors (Lipinski definition) is 1. The molecule has 0 fully saturated rings. The van der Waals surface area contributed by atoms with E-state index < -0.39 is 0 Å². The standard InChI is InChI=1S/C15H17N5/c1-16-7-12-4-3-5-14(6-12)20-11-17-9-15(20)13-8-18-19(2)10-13/h3-6,8-11,16H,7H2,1-2H3. The SMILES string of the molecule is CNCc1cccc(-n2cncc2-c2cnn(C)c2)c1. The van der Waals surface area contributed by atoms with Crippen molar-refractivity contribution in [2.24, 2.45) is 7.05 Å². The van der Waals surface area contributed by atoms with Crippen LogP contribution in [0.5, 0.6) is 0 Å². The summed E-state index contributed by atoms with van der Waals surface area (Å²) in [5, 5.41) is 7.39. The average Bonchev–Trinajstić information content (AvgIpc) is 3.07. The van der Waals surface area contributed by atoms with Gasteiger partial charge in [0.2, 0.25) is 0 Å². The van der Waals surface area contributed by atoms with Gasteiger partial charge in [-0.25, -0.2) is 4.98 Å². The third-order valence-electron chi connectivity index (χ3n) is 3.21. The summed E-state index contributed by atoms with van der Waals surface area (Å²) in [5.41, 5.74) is 4.45. The molecule has 3 rings (SSSR count). The summed E-state index contributed by atoms with van der Waals surface area (Å²) in [6.07, 6.45) is 7.54. The lowest BCUT2D eigenvalue weighted by atomic mass is 10.2. The number of rotatable bonds is 4. The van der Waals surface area contributed by atoms with E-state index in [9.17, 15) is 0 Å². The summed E-state index contributed by atoms with van der Waals surface area (Å²) in [7, 11) is 3.86. The van der Waals surface area contributed by atoms with Gasteiger partial charge in [-0.2, -0.15) is 5.10 Å². The monoisotopic (exact) mass is 267 g/mol. The number of imidazole rings is 1. The highest BCUT2D eigenvalue weighted by atomic mass is 15.2. The lowest BCUT2D eigenvalue weighted by Gasteiger charge is -2.09. The van der Waals surface area contributed by atoms with Gasteiger partial charge in [-0.05, 0) is 24.7 Å². The zero-order chi connectivity index (χ0) is 13.9. The second-order valence-corrected chi connectivity index (χ2v) is 4.75. The van der Waals surface area contributed by atoms with Gasteiger partial charge in [-0.1, -0.05) is 12.1 Å². The summed E-state index contributed by atoms with van der Waals surface area (Å²) < 4.78 is 3.88. The van der Waals surface area contributed by atoms with Gasteiger partial charge in [0.15, 0.2) is 0 Å². The number of nitrogens with one attached hydrogen (secondary N) is 1.